The maximum absolute atomic E-state index is 9.17. The van der Waals surface area contributed by atoms with Crippen molar-refractivity contribution in [3.8, 4) is 0 Å². The summed E-state index contributed by atoms with van der Waals surface area (Å²) >= 11 is 0. The largest absolute Gasteiger partial charge is 0.390 e. The van der Waals surface area contributed by atoms with Crippen molar-refractivity contribution in [2.45, 2.75) is 38.5 Å². The van der Waals surface area contributed by atoms with E-state index >= 15 is 0 Å². The standard InChI is InChI=1S/C12H19NO/c13-11(7-14)12-4-8-1-9(5-12)3-10(2-8)6-12/h8-10,13-14H,1-7H2. The molecule has 0 radical (unpaired) electrons. The van der Waals surface area contributed by atoms with Gasteiger partial charge in [-0.25, -0.2) is 0 Å². The molecule has 14 heavy (non-hydrogen) atoms. The van der Waals surface area contributed by atoms with E-state index in [1.807, 2.05) is 0 Å². The summed E-state index contributed by atoms with van der Waals surface area (Å²) in [5.74, 6) is 2.65. The van der Waals surface area contributed by atoms with Crippen molar-refractivity contribution in [2.75, 3.05) is 6.61 Å². The molecular weight excluding hydrogens is 174 g/mol. The van der Waals surface area contributed by atoms with Crippen molar-refractivity contribution < 1.29 is 5.11 Å². The van der Waals surface area contributed by atoms with E-state index in [9.17, 15) is 5.11 Å². The number of rotatable bonds is 2. The molecule has 0 aromatic rings. The van der Waals surface area contributed by atoms with Crippen molar-refractivity contribution in [1.82, 2.24) is 0 Å². The van der Waals surface area contributed by atoms with E-state index in [0.717, 1.165) is 17.8 Å². The summed E-state index contributed by atoms with van der Waals surface area (Å²) in [6, 6.07) is 0. The number of hydrogen-bond donors (Lipinski definition) is 2. The average Bonchev–Trinajstić information content (AvgIpc) is 2.14. The monoisotopic (exact) mass is 193 g/mol. The fraction of sp³-hybridized carbons (Fsp3) is 0.917. The van der Waals surface area contributed by atoms with Gasteiger partial charge in [-0.2, -0.15) is 0 Å². The Morgan fingerprint density at radius 1 is 1.07 bits per heavy atom. The van der Waals surface area contributed by atoms with E-state index < -0.39 is 0 Å². The lowest BCUT2D eigenvalue weighted by Gasteiger charge is -2.56. The predicted octanol–water partition coefficient (Wildman–Crippen LogP) is 2.21. The van der Waals surface area contributed by atoms with E-state index in [-0.39, 0.29) is 12.0 Å². The van der Waals surface area contributed by atoms with Crippen molar-refractivity contribution >= 4 is 5.71 Å². The molecule has 0 aromatic heterocycles. The van der Waals surface area contributed by atoms with Crippen molar-refractivity contribution in [2.24, 2.45) is 23.2 Å². The zero-order chi connectivity index (χ0) is 9.76. The van der Waals surface area contributed by atoms with E-state index in [0.29, 0.717) is 5.71 Å². The first-order valence-electron chi connectivity index (χ1n) is 5.90. The van der Waals surface area contributed by atoms with Gasteiger partial charge in [0.2, 0.25) is 0 Å². The molecule has 0 spiro atoms. The fourth-order valence-corrected chi connectivity index (χ4v) is 4.65. The molecule has 78 valence electrons. The van der Waals surface area contributed by atoms with Gasteiger partial charge in [-0.3, -0.25) is 0 Å². The zero-order valence-corrected chi connectivity index (χ0v) is 8.63. The number of nitrogens with one attached hydrogen (secondary N) is 1. The van der Waals surface area contributed by atoms with E-state index in [1.165, 1.54) is 38.5 Å². The van der Waals surface area contributed by atoms with E-state index in [2.05, 4.69) is 0 Å². The van der Waals surface area contributed by atoms with Gasteiger partial charge in [-0.15, -0.1) is 0 Å². The molecule has 4 fully saturated rings. The molecule has 0 saturated heterocycles. The molecule has 2 nitrogen and oxygen atoms in total. The molecule has 0 aliphatic heterocycles. The topological polar surface area (TPSA) is 44.1 Å². The first-order chi connectivity index (χ1) is 6.72. The van der Waals surface area contributed by atoms with Crippen LogP contribution in [0.15, 0.2) is 0 Å². The molecule has 4 bridgehead atoms. The van der Waals surface area contributed by atoms with Gasteiger partial charge >= 0.3 is 0 Å². The number of hydrogen-bond acceptors (Lipinski definition) is 2. The summed E-state index contributed by atoms with van der Waals surface area (Å²) in [6.07, 6.45) is 7.86. The molecule has 4 aliphatic carbocycles. The first-order valence-corrected chi connectivity index (χ1v) is 5.90. The van der Waals surface area contributed by atoms with Crippen LogP contribution in [0.25, 0.3) is 0 Å². The smallest absolute Gasteiger partial charge is 0.0812 e. The Kier molecular flexibility index (Phi) is 1.79. The lowest BCUT2D eigenvalue weighted by atomic mass is 9.48. The maximum atomic E-state index is 9.17. The van der Waals surface area contributed by atoms with Gasteiger partial charge in [0.1, 0.15) is 0 Å². The lowest BCUT2D eigenvalue weighted by molar-refractivity contribution is -0.0150. The lowest BCUT2D eigenvalue weighted by Crippen LogP contribution is -2.50. The Balaban J connectivity index is 1.91. The van der Waals surface area contributed by atoms with Crippen LogP contribution < -0.4 is 0 Å². The minimum absolute atomic E-state index is 0.00778. The van der Waals surface area contributed by atoms with E-state index in [4.69, 9.17) is 5.41 Å². The van der Waals surface area contributed by atoms with E-state index in [1.54, 1.807) is 0 Å². The van der Waals surface area contributed by atoms with Gasteiger partial charge in [0.25, 0.3) is 0 Å². The van der Waals surface area contributed by atoms with Crippen LogP contribution in [0.3, 0.4) is 0 Å². The van der Waals surface area contributed by atoms with Gasteiger partial charge in [-0.05, 0) is 56.3 Å². The summed E-state index contributed by atoms with van der Waals surface area (Å²) in [5.41, 5.74) is 0.778. The minimum Gasteiger partial charge on any atom is -0.390 e. The Labute approximate surface area is 85.2 Å². The van der Waals surface area contributed by atoms with Crippen molar-refractivity contribution in [1.29, 1.82) is 5.41 Å². The molecule has 0 atom stereocenters. The maximum Gasteiger partial charge on any atom is 0.0812 e. The Bertz CT molecular complexity index is 236. The average molecular weight is 193 g/mol. The summed E-state index contributed by atoms with van der Waals surface area (Å²) in [7, 11) is 0. The van der Waals surface area contributed by atoms with Crippen LogP contribution in [-0.2, 0) is 0 Å². The molecule has 4 saturated carbocycles. The predicted molar refractivity (Wildman–Crippen MR) is 55.4 cm³/mol. The van der Waals surface area contributed by atoms with Crippen LogP contribution >= 0.6 is 0 Å². The molecule has 2 heteroatoms. The molecular formula is C12H19NO. The van der Waals surface area contributed by atoms with Crippen LogP contribution in [0, 0.1) is 28.6 Å². The van der Waals surface area contributed by atoms with Gasteiger partial charge in [0.05, 0.1) is 6.61 Å². The van der Waals surface area contributed by atoms with Crippen LogP contribution in [0.5, 0.6) is 0 Å². The molecule has 0 aromatic carbocycles. The molecule has 0 amide bonds. The summed E-state index contributed by atoms with van der Waals surface area (Å²) in [6.45, 7) is -0.00778. The molecule has 0 heterocycles. The third-order valence-electron chi connectivity index (χ3n) is 4.84. The second-order valence-corrected chi connectivity index (χ2v) is 5.83. The van der Waals surface area contributed by atoms with Crippen LogP contribution in [0.1, 0.15) is 38.5 Å². The normalized spacial score (nSPS) is 49.6. The van der Waals surface area contributed by atoms with Crippen LogP contribution in [0.2, 0.25) is 0 Å². The Morgan fingerprint density at radius 2 is 1.50 bits per heavy atom. The number of aliphatic hydroxyl groups is 1. The van der Waals surface area contributed by atoms with Gasteiger partial charge in [0, 0.05) is 11.1 Å². The van der Waals surface area contributed by atoms with Gasteiger partial charge in [-0.1, -0.05) is 0 Å². The first kappa shape index (κ1) is 8.90. The van der Waals surface area contributed by atoms with Crippen LogP contribution in [-0.4, -0.2) is 17.4 Å². The molecule has 4 rings (SSSR count). The third-order valence-corrected chi connectivity index (χ3v) is 4.84. The zero-order valence-electron chi connectivity index (χ0n) is 8.63. The highest BCUT2D eigenvalue weighted by molar-refractivity contribution is 5.88. The molecule has 4 aliphatic rings. The highest BCUT2D eigenvalue weighted by Gasteiger charge is 2.52. The van der Waals surface area contributed by atoms with Crippen molar-refractivity contribution in [3.63, 3.8) is 0 Å². The highest BCUT2D eigenvalue weighted by atomic mass is 16.3. The summed E-state index contributed by atoms with van der Waals surface area (Å²) in [4.78, 5) is 0. The Morgan fingerprint density at radius 3 is 1.86 bits per heavy atom. The van der Waals surface area contributed by atoms with Gasteiger partial charge < -0.3 is 10.5 Å². The van der Waals surface area contributed by atoms with Gasteiger partial charge in [0.15, 0.2) is 0 Å². The molecule has 0 unspecified atom stereocenters. The quantitative estimate of drug-likeness (QED) is 0.649. The van der Waals surface area contributed by atoms with Crippen molar-refractivity contribution in [3.05, 3.63) is 0 Å². The second kappa shape index (κ2) is 2.82. The van der Waals surface area contributed by atoms with Crippen LogP contribution in [0.4, 0.5) is 0 Å². The fourth-order valence-electron chi connectivity index (χ4n) is 4.65. The highest BCUT2D eigenvalue weighted by Crippen LogP contribution is 2.60. The molecule has 2 N–H and O–H groups in total. The summed E-state index contributed by atoms with van der Waals surface area (Å²) < 4.78 is 0. The number of aliphatic hydroxyl groups excluding tert-OH is 1. The minimum atomic E-state index is -0.00778. The Hall–Kier alpha value is -0.370. The second-order valence-electron chi connectivity index (χ2n) is 5.83. The summed E-state index contributed by atoms with van der Waals surface area (Å²) in [5, 5.41) is 17.1. The third kappa shape index (κ3) is 1.10. The SMILES string of the molecule is N=C(CO)C12CC3CC(CC(C3)C1)C2.